The van der Waals surface area contributed by atoms with Crippen LogP contribution in [0.3, 0.4) is 0 Å². The van der Waals surface area contributed by atoms with E-state index in [1.54, 1.807) is 31.2 Å². The Bertz CT molecular complexity index is 923. The van der Waals surface area contributed by atoms with Gasteiger partial charge in [0.15, 0.2) is 5.76 Å². The first kappa shape index (κ1) is 20.6. The number of carboxylic acids is 1. The molecule has 0 saturated carbocycles. The number of nitrogens with one attached hydrogen (secondary N) is 1. The maximum absolute atomic E-state index is 13.1. The Labute approximate surface area is 169 Å². The summed E-state index contributed by atoms with van der Waals surface area (Å²) in [5.41, 5.74) is 0.751. The molecule has 154 valence electrons. The molecule has 2 aromatic rings. The number of aromatic carboxylic acids is 1. The Morgan fingerprint density at radius 1 is 1.14 bits per heavy atom. The highest BCUT2D eigenvalue weighted by Gasteiger charge is 2.28. The zero-order valence-corrected chi connectivity index (χ0v) is 16.9. The molecule has 0 bridgehead atoms. The number of para-hydroxylation sites is 1. The molecule has 0 spiro atoms. The van der Waals surface area contributed by atoms with Gasteiger partial charge in [-0.3, -0.25) is 9.59 Å². The molecule has 1 aromatic heterocycles. The number of benzene rings is 1. The molecule has 1 aromatic carbocycles. The van der Waals surface area contributed by atoms with Crippen molar-refractivity contribution < 1.29 is 23.9 Å². The van der Waals surface area contributed by atoms with Crippen LogP contribution in [0.15, 0.2) is 34.7 Å². The van der Waals surface area contributed by atoms with E-state index in [-0.39, 0.29) is 23.0 Å². The summed E-state index contributed by atoms with van der Waals surface area (Å²) in [7, 11) is 0. The van der Waals surface area contributed by atoms with Crippen molar-refractivity contribution in [1.82, 2.24) is 4.90 Å². The summed E-state index contributed by atoms with van der Waals surface area (Å²) in [6, 6.07) is 8.04. The number of furan rings is 1. The summed E-state index contributed by atoms with van der Waals surface area (Å²) in [4.78, 5) is 38.9. The van der Waals surface area contributed by atoms with Crippen LogP contribution in [0.5, 0.6) is 0 Å². The van der Waals surface area contributed by atoms with E-state index in [1.165, 1.54) is 6.07 Å². The van der Waals surface area contributed by atoms with Crippen LogP contribution in [-0.4, -0.2) is 40.9 Å². The van der Waals surface area contributed by atoms with Crippen LogP contribution in [-0.2, 0) is 6.42 Å². The van der Waals surface area contributed by atoms with Crippen LogP contribution in [0.4, 0.5) is 5.69 Å². The van der Waals surface area contributed by atoms with Crippen molar-refractivity contribution in [3.05, 3.63) is 53.0 Å². The lowest BCUT2D eigenvalue weighted by Crippen LogP contribution is -2.42. The molecule has 3 rings (SSSR count). The van der Waals surface area contributed by atoms with Gasteiger partial charge in [0.1, 0.15) is 11.3 Å². The largest absolute Gasteiger partial charge is 0.478 e. The van der Waals surface area contributed by atoms with Gasteiger partial charge in [-0.05, 0) is 30.4 Å². The highest BCUT2D eigenvalue weighted by molar-refractivity contribution is 6.08. The lowest BCUT2D eigenvalue weighted by atomic mass is 9.91. The van der Waals surface area contributed by atoms with Gasteiger partial charge in [-0.1, -0.05) is 32.9 Å². The van der Waals surface area contributed by atoms with Crippen LogP contribution in [0, 0.1) is 11.8 Å². The molecule has 2 N–H and O–H groups in total. The van der Waals surface area contributed by atoms with Gasteiger partial charge in [0.2, 0.25) is 0 Å². The first-order chi connectivity index (χ1) is 13.8. The second-order valence-electron chi connectivity index (χ2n) is 7.76. The highest BCUT2D eigenvalue weighted by Crippen LogP contribution is 2.26. The number of hydrogen-bond donors (Lipinski definition) is 2. The van der Waals surface area contributed by atoms with E-state index in [0.29, 0.717) is 42.6 Å². The molecular formula is C22H26N2O5. The second kappa shape index (κ2) is 8.51. The standard InChI is InChI=1S/C22H26N2O5/c1-4-18-16(22(27)28)10-19(29-18)20(25)23-17-8-6-5-7-15(17)21(26)24-11-13(2)9-14(3)12-24/h5-8,10,13-14H,4,9,11-12H2,1-3H3,(H,23,25)(H,27,28). The first-order valence-corrected chi connectivity index (χ1v) is 9.85. The van der Waals surface area contributed by atoms with Gasteiger partial charge in [-0.2, -0.15) is 0 Å². The molecule has 1 fully saturated rings. The van der Waals surface area contributed by atoms with Crippen molar-refractivity contribution >= 4 is 23.5 Å². The number of carboxylic acid groups (broad SMARTS) is 1. The third kappa shape index (κ3) is 4.50. The van der Waals surface area contributed by atoms with Crippen molar-refractivity contribution in [2.45, 2.75) is 33.6 Å². The van der Waals surface area contributed by atoms with Gasteiger partial charge in [0, 0.05) is 25.6 Å². The SMILES string of the molecule is CCc1oc(C(=O)Nc2ccccc2C(=O)N2CC(C)CC(C)C2)cc1C(=O)O. The first-order valence-electron chi connectivity index (χ1n) is 9.85. The Morgan fingerprint density at radius 2 is 1.79 bits per heavy atom. The van der Waals surface area contributed by atoms with Crippen LogP contribution in [0.2, 0.25) is 0 Å². The van der Waals surface area contributed by atoms with Crippen molar-refractivity contribution in [2.75, 3.05) is 18.4 Å². The highest BCUT2D eigenvalue weighted by atomic mass is 16.4. The summed E-state index contributed by atoms with van der Waals surface area (Å²) >= 11 is 0. The summed E-state index contributed by atoms with van der Waals surface area (Å²) in [6.07, 6.45) is 1.45. The quantitative estimate of drug-likeness (QED) is 0.795. The number of anilines is 1. The number of likely N-dealkylation sites (tertiary alicyclic amines) is 1. The Hall–Kier alpha value is -3.09. The van der Waals surface area contributed by atoms with E-state index < -0.39 is 11.9 Å². The molecule has 1 aliphatic rings. The van der Waals surface area contributed by atoms with Crippen molar-refractivity contribution in [2.24, 2.45) is 11.8 Å². The average molecular weight is 398 g/mol. The Morgan fingerprint density at radius 3 is 2.38 bits per heavy atom. The summed E-state index contributed by atoms with van der Waals surface area (Å²) in [5, 5.41) is 11.9. The molecule has 1 saturated heterocycles. The van der Waals surface area contributed by atoms with Crippen LogP contribution >= 0.6 is 0 Å². The number of nitrogens with zero attached hydrogens (tertiary/aromatic N) is 1. The fourth-order valence-corrected chi connectivity index (χ4v) is 3.95. The van der Waals surface area contributed by atoms with Crippen molar-refractivity contribution in [3.63, 3.8) is 0 Å². The van der Waals surface area contributed by atoms with Gasteiger partial charge in [-0.25, -0.2) is 4.79 Å². The zero-order valence-electron chi connectivity index (χ0n) is 16.9. The van der Waals surface area contributed by atoms with E-state index in [0.717, 1.165) is 6.42 Å². The molecule has 0 aliphatic carbocycles. The van der Waals surface area contributed by atoms with E-state index in [2.05, 4.69) is 19.2 Å². The fraction of sp³-hybridized carbons (Fsp3) is 0.409. The van der Waals surface area contributed by atoms with Crippen LogP contribution < -0.4 is 5.32 Å². The minimum atomic E-state index is -1.14. The zero-order chi connectivity index (χ0) is 21.1. The van der Waals surface area contributed by atoms with E-state index in [1.807, 2.05) is 4.90 Å². The average Bonchev–Trinajstić information content (AvgIpc) is 3.12. The Balaban J connectivity index is 1.83. The number of hydrogen-bond acceptors (Lipinski definition) is 4. The maximum atomic E-state index is 13.1. The number of carbonyl (C=O) groups excluding carboxylic acids is 2. The molecule has 2 amide bonds. The summed E-state index contributed by atoms with van der Waals surface area (Å²) in [6.45, 7) is 7.39. The molecule has 2 unspecified atom stereocenters. The van der Waals surface area contributed by atoms with Gasteiger partial charge in [-0.15, -0.1) is 0 Å². The minimum Gasteiger partial charge on any atom is -0.478 e. The van der Waals surface area contributed by atoms with Gasteiger partial charge >= 0.3 is 5.97 Å². The third-order valence-electron chi connectivity index (χ3n) is 5.15. The van der Waals surface area contributed by atoms with Crippen LogP contribution in [0.1, 0.15) is 64.2 Å². The van der Waals surface area contributed by atoms with E-state index >= 15 is 0 Å². The molecule has 29 heavy (non-hydrogen) atoms. The predicted molar refractivity (Wildman–Crippen MR) is 108 cm³/mol. The van der Waals surface area contributed by atoms with Crippen molar-refractivity contribution in [3.8, 4) is 0 Å². The number of carbonyl (C=O) groups is 3. The molecule has 7 heteroatoms. The predicted octanol–water partition coefficient (Wildman–Crippen LogP) is 3.91. The lowest BCUT2D eigenvalue weighted by Gasteiger charge is -2.35. The van der Waals surface area contributed by atoms with E-state index in [9.17, 15) is 19.5 Å². The van der Waals surface area contributed by atoms with Gasteiger partial charge in [0.05, 0.1) is 11.3 Å². The number of aryl methyl sites for hydroxylation is 1. The maximum Gasteiger partial charge on any atom is 0.339 e. The molecular weight excluding hydrogens is 372 g/mol. The molecule has 7 nitrogen and oxygen atoms in total. The van der Waals surface area contributed by atoms with E-state index in [4.69, 9.17) is 4.42 Å². The normalized spacial score (nSPS) is 19.1. The second-order valence-corrected chi connectivity index (χ2v) is 7.76. The number of piperidine rings is 1. The van der Waals surface area contributed by atoms with Gasteiger partial charge < -0.3 is 19.7 Å². The summed E-state index contributed by atoms with van der Waals surface area (Å²) in [5.74, 6) is -0.866. The van der Waals surface area contributed by atoms with Crippen LogP contribution in [0.25, 0.3) is 0 Å². The lowest BCUT2D eigenvalue weighted by molar-refractivity contribution is 0.0623. The Kier molecular flexibility index (Phi) is 6.06. The topological polar surface area (TPSA) is 99.9 Å². The molecule has 2 heterocycles. The molecule has 1 aliphatic heterocycles. The number of amides is 2. The smallest absolute Gasteiger partial charge is 0.339 e. The van der Waals surface area contributed by atoms with Gasteiger partial charge in [0.25, 0.3) is 11.8 Å². The monoisotopic (exact) mass is 398 g/mol. The molecule has 0 radical (unpaired) electrons. The summed E-state index contributed by atoms with van der Waals surface area (Å²) < 4.78 is 5.42. The minimum absolute atomic E-state index is 0.0293. The number of rotatable bonds is 5. The van der Waals surface area contributed by atoms with Crippen molar-refractivity contribution in [1.29, 1.82) is 0 Å². The molecule has 2 atom stereocenters. The fourth-order valence-electron chi connectivity index (χ4n) is 3.95. The third-order valence-corrected chi connectivity index (χ3v) is 5.15.